The van der Waals surface area contributed by atoms with Crippen LogP contribution in [0.15, 0.2) is 24.3 Å². The zero-order valence-corrected chi connectivity index (χ0v) is 14.6. The van der Waals surface area contributed by atoms with Gasteiger partial charge >= 0.3 is 5.97 Å². The predicted molar refractivity (Wildman–Crippen MR) is 94.2 cm³/mol. The van der Waals surface area contributed by atoms with Crippen LogP contribution in [0.3, 0.4) is 0 Å². The number of ether oxygens (including phenoxy) is 1. The molecule has 3 rings (SSSR count). The summed E-state index contributed by atoms with van der Waals surface area (Å²) in [6.45, 7) is 3.64. The van der Waals surface area contributed by atoms with Gasteiger partial charge in [-0.05, 0) is 49.3 Å². The molecule has 1 N–H and O–H groups in total. The average molecular weight is 331 g/mol. The van der Waals surface area contributed by atoms with Gasteiger partial charge in [-0.15, -0.1) is 0 Å². The third kappa shape index (κ3) is 3.92. The Morgan fingerprint density at radius 2 is 2.00 bits per heavy atom. The van der Waals surface area contributed by atoms with Crippen molar-refractivity contribution in [2.75, 3.05) is 6.61 Å². The van der Waals surface area contributed by atoms with Crippen LogP contribution in [0, 0.1) is 5.92 Å². The lowest BCUT2D eigenvalue weighted by Gasteiger charge is -2.33. The molecule has 0 bridgehead atoms. The average Bonchev–Trinajstić information content (AvgIpc) is 2.96. The van der Waals surface area contributed by atoms with Gasteiger partial charge in [-0.3, -0.25) is 9.69 Å². The Morgan fingerprint density at radius 3 is 2.71 bits per heavy atom. The van der Waals surface area contributed by atoms with Gasteiger partial charge in [0.2, 0.25) is 0 Å². The molecule has 1 aliphatic heterocycles. The van der Waals surface area contributed by atoms with E-state index in [2.05, 4.69) is 24.0 Å². The summed E-state index contributed by atoms with van der Waals surface area (Å²) in [4.78, 5) is 13.9. The highest BCUT2D eigenvalue weighted by molar-refractivity contribution is 5.74. The van der Waals surface area contributed by atoms with E-state index in [-0.39, 0.29) is 6.04 Å². The van der Waals surface area contributed by atoms with Crippen molar-refractivity contribution in [1.29, 1.82) is 0 Å². The molecular weight excluding hydrogens is 302 g/mol. The van der Waals surface area contributed by atoms with E-state index in [0.29, 0.717) is 12.0 Å². The van der Waals surface area contributed by atoms with Gasteiger partial charge in [0, 0.05) is 12.6 Å². The summed E-state index contributed by atoms with van der Waals surface area (Å²) in [5.41, 5.74) is 1.18. The van der Waals surface area contributed by atoms with Crippen molar-refractivity contribution >= 4 is 5.97 Å². The Labute approximate surface area is 144 Å². The number of hydrogen-bond acceptors (Lipinski definition) is 3. The van der Waals surface area contributed by atoms with Crippen LogP contribution >= 0.6 is 0 Å². The van der Waals surface area contributed by atoms with Crippen molar-refractivity contribution in [3.05, 3.63) is 29.8 Å². The molecular formula is C20H29NO3. The zero-order valence-electron chi connectivity index (χ0n) is 14.6. The first-order chi connectivity index (χ1) is 11.7. The largest absolute Gasteiger partial charge is 0.494 e. The van der Waals surface area contributed by atoms with Crippen LogP contribution in [0.5, 0.6) is 5.75 Å². The third-order valence-corrected chi connectivity index (χ3v) is 5.56. The molecule has 1 aromatic carbocycles. The number of carboxylic acid groups (broad SMARTS) is 1. The van der Waals surface area contributed by atoms with Gasteiger partial charge in [-0.1, -0.05) is 38.3 Å². The Balaban J connectivity index is 1.65. The molecule has 0 spiro atoms. The van der Waals surface area contributed by atoms with Crippen LogP contribution < -0.4 is 4.74 Å². The number of hydrogen-bond donors (Lipinski definition) is 1. The second kappa shape index (κ2) is 8.02. The molecule has 4 nitrogen and oxygen atoms in total. The summed E-state index contributed by atoms with van der Waals surface area (Å²) in [5.74, 6) is 0.805. The molecule has 1 aromatic rings. The standard InChI is InChI=1S/C20H29NO3/c1-2-3-12-24-17-10-8-15(9-11-17)14-21-18-7-5-4-6-16(18)13-19(21)20(22)23/h8-11,16,18-19H,2-7,12-14H2,1H3,(H,22,23). The normalized spacial score (nSPS) is 27.0. The number of unbranched alkanes of at least 4 members (excludes halogenated alkanes) is 1. The summed E-state index contributed by atoms with van der Waals surface area (Å²) in [6.07, 6.45) is 7.84. The summed E-state index contributed by atoms with van der Waals surface area (Å²) in [5, 5.41) is 9.61. The fraction of sp³-hybridized carbons (Fsp3) is 0.650. The van der Waals surface area contributed by atoms with Gasteiger partial charge in [0.05, 0.1) is 6.61 Å². The second-order valence-electron chi connectivity index (χ2n) is 7.22. The van der Waals surface area contributed by atoms with Crippen molar-refractivity contribution in [3.8, 4) is 5.75 Å². The van der Waals surface area contributed by atoms with Crippen molar-refractivity contribution in [3.63, 3.8) is 0 Å². The Kier molecular flexibility index (Phi) is 5.77. The van der Waals surface area contributed by atoms with Gasteiger partial charge in [0.15, 0.2) is 0 Å². The number of likely N-dealkylation sites (tertiary alicyclic amines) is 1. The van der Waals surface area contributed by atoms with E-state index in [1.165, 1.54) is 24.8 Å². The molecule has 0 radical (unpaired) electrons. The molecule has 2 aliphatic rings. The highest BCUT2D eigenvalue weighted by atomic mass is 16.5. The number of fused-ring (bicyclic) bond motifs is 1. The predicted octanol–water partition coefficient (Wildman–Crippen LogP) is 4.08. The minimum absolute atomic E-state index is 0.321. The maximum Gasteiger partial charge on any atom is 0.320 e. The molecule has 1 saturated carbocycles. The lowest BCUT2D eigenvalue weighted by Crippen LogP contribution is -2.41. The van der Waals surface area contributed by atoms with E-state index in [9.17, 15) is 9.90 Å². The van der Waals surface area contributed by atoms with Crippen LogP contribution in [0.1, 0.15) is 57.4 Å². The number of aliphatic carboxylic acids is 1. The van der Waals surface area contributed by atoms with Crippen LogP contribution in [0.2, 0.25) is 0 Å². The molecule has 1 aliphatic carbocycles. The summed E-state index contributed by atoms with van der Waals surface area (Å²) in [6, 6.07) is 8.30. The minimum Gasteiger partial charge on any atom is -0.494 e. The molecule has 1 saturated heterocycles. The zero-order chi connectivity index (χ0) is 16.9. The SMILES string of the molecule is CCCCOc1ccc(CN2C(C(=O)O)CC3CCCCC32)cc1. The van der Waals surface area contributed by atoms with Gasteiger partial charge in [-0.2, -0.15) is 0 Å². The molecule has 0 aromatic heterocycles. The molecule has 132 valence electrons. The molecule has 3 atom stereocenters. The fourth-order valence-corrected chi connectivity index (χ4v) is 4.26. The highest BCUT2D eigenvalue weighted by Crippen LogP contribution is 2.40. The maximum absolute atomic E-state index is 11.7. The smallest absolute Gasteiger partial charge is 0.320 e. The number of carboxylic acids is 1. The fourth-order valence-electron chi connectivity index (χ4n) is 4.26. The molecule has 2 fully saturated rings. The first kappa shape index (κ1) is 17.3. The van der Waals surface area contributed by atoms with Gasteiger partial charge in [0.1, 0.15) is 11.8 Å². The van der Waals surface area contributed by atoms with Gasteiger partial charge < -0.3 is 9.84 Å². The molecule has 0 amide bonds. The number of rotatable bonds is 7. The van der Waals surface area contributed by atoms with Crippen LogP contribution in [0.4, 0.5) is 0 Å². The molecule has 24 heavy (non-hydrogen) atoms. The van der Waals surface area contributed by atoms with Crippen LogP contribution in [-0.2, 0) is 11.3 Å². The van der Waals surface area contributed by atoms with E-state index in [1.54, 1.807) is 0 Å². The van der Waals surface area contributed by atoms with Gasteiger partial charge in [0.25, 0.3) is 0 Å². The lowest BCUT2D eigenvalue weighted by molar-refractivity contribution is -0.142. The Bertz CT molecular complexity index is 542. The summed E-state index contributed by atoms with van der Waals surface area (Å²) < 4.78 is 5.71. The summed E-state index contributed by atoms with van der Waals surface area (Å²) >= 11 is 0. The van der Waals surface area contributed by atoms with E-state index in [0.717, 1.165) is 44.6 Å². The van der Waals surface area contributed by atoms with E-state index >= 15 is 0 Å². The van der Waals surface area contributed by atoms with Gasteiger partial charge in [-0.25, -0.2) is 0 Å². The maximum atomic E-state index is 11.7. The van der Waals surface area contributed by atoms with Crippen molar-refractivity contribution in [2.45, 2.75) is 70.5 Å². The van der Waals surface area contributed by atoms with E-state index in [4.69, 9.17) is 4.74 Å². The van der Waals surface area contributed by atoms with Crippen molar-refractivity contribution in [2.24, 2.45) is 5.92 Å². The first-order valence-corrected chi connectivity index (χ1v) is 9.39. The van der Waals surface area contributed by atoms with Crippen molar-refractivity contribution < 1.29 is 14.6 Å². The third-order valence-electron chi connectivity index (χ3n) is 5.56. The topological polar surface area (TPSA) is 49.8 Å². The second-order valence-corrected chi connectivity index (χ2v) is 7.22. The monoisotopic (exact) mass is 331 g/mol. The Hall–Kier alpha value is -1.55. The van der Waals surface area contributed by atoms with E-state index in [1.807, 2.05) is 12.1 Å². The number of benzene rings is 1. The Morgan fingerprint density at radius 1 is 1.25 bits per heavy atom. The van der Waals surface area contributed by atoms with Crippen LogP contribution in [-0.4, -0.2) is 34.7 Å². The van der Waals surface area contributed by atoms with E-state index < -0.39 is 5.97 Å². The molecule has 1 heterocycles. The van der Waals surface area contributed by atoms with Crippen LogP contribution in [0.25, 0.3) is 0 Å². The number of nitrogens with zero attached hydrogens (tertiary/aromatic N) is 1. The molecule has 4 heteroatoms. The number of carbonyl (C=O) groups is 1. The lowest BCUT2D eigenvalue weighted by atomic mass is 9.84. The molecule has 3 unspecified atom stereocenters. The minimum atomic E-state index is -0.663. The quantitative estimate of drug-likeness (QED) is 0.765. The summed E-state index contributed by atoms with van der Waals surface area (Å²) in [7, 11) is 0. The van der Waals surface area contributed by atoms with Crippen molar-refractivity contribution in [1.82, 2.24) is 4.90 Å². The highest BCUT2D eigenvalue weighted by Gasteiger charge is 2.44. The first-order valence-electron chi connectivity index (χ1n) is 9.39.